The van der Waals surface area contributed by atoms with E-state index in [1.807, 2.05) is 0 Å². The van der Waals surface area contributed by atoms with Crippen molar-refractivity contribution in [1.82, 2.24) is 4.72 Å². The highest BCUT2D eigenvalue weighted by Crippen LogP contribution is 2.35. The first-order valence-electron chi connectivity index (χ1n) is 4.98. The zero-order chi connectivity index (χ0) is 13.9. The van der Waals surface area contributed by atoms with E-state index in [1.54, 1.807) is 6.92 Å². The third kappa shape index (κ3) is 3.58. The molecule has 18 heavy (non-hydrogen) atoms. The van der Waals surface area contributed by atoms with Crippen LogP contribution in [0.15, 0.2) is 21.5 Å². The van der Waals surface area contributed by atoms with Crippen molar-refractivity contribution in [1.29, 1.82) is 0 Å². The number of ether oxygens (including phenoxy) is 1. The van der Waals surface area contributed by atoms with Gasteiger partial charge in [0.2, 0.25) is 10.0 Å². The summed E-state index contributed by atoms with van der Waals surface area (Å²) in [6.07, 6.45) is 0. The number of nitrogens with one attached hydrogen (secondary N) is 1. The van der Waals surface area contributed by atoms with E-state index in [1.165, 1.54) is 19.2 Å². The average molecular weight is 359 g/mol. The molecule has 8 heteroatoms. The molecule has 0 fully saturated rings. The Bertz CT molecular complexity index is 535. The molecule has 1 aromatic rings. The van der Waals surface area contributed by atoms with Crippen LogP contribution in [0.3, 0.4) is 0 Å². The van der Waals surface area contributed by atoms with Crippen LogP contribution in [-0.4, -0.2) is 33.3 Å². The van der Waals surface area contributed by atoms with Crippen molar-refractivity contribution in [2.24, 2.45) is 0 Å². The molecule has 0 unspecified atom stereocenters. The fourth-order valence-corrected chi connectivity index (χ4v) is 3.92. The summed E-state index contributed by atoms with van der Waals surface area (Å²) >= 11 is 9.01. The number of hydrogen-bond donors (Lipinski definition) is 2. The zero-order valence-electron chi connectivity index (χ0n) is 9.78. The van der Waals surface area contributed by atoms with Gasteiger partial charge in [0.05, 0.1) is 18.2 Å². The zero-order valence-corrected chi connectivity index (χ0v) is 12.9. The fraction of sp³-hybridized carbons (Fsp3) is 0.400. The minimum Gasteiger partial charge on any atom is -0.494 e. The first-order valence-corrected chi connectivity index (χ1v) is 7.63. The number of aliphatic hydroxyl groups excluding tert-OH is 1. The van der Waals surface area contributed by atoms with Gasteiger partial charge in [0.25, 0.3) is 0 Å². The number of rotatable bonds is 5. The smallest absolute Gasteiger partial charge is 0.244 e. The van der Waals surface area contributed by atoms with E-state index in [-0.39, 0.29) is 22.3 Å². The van der Waals surface area contributed by atoms with E-state index < -0.39 is 16.1 Å². The summed E-state index contributed by atoms with van der Waals surface area (Å²) < 4.78 is 32.0. The van der Waals surface area contributed by atoms with Crippen molar-refractivity contribution in [3.8, 4) is 5.75 Å². The van der Waals surface area contributed by atoms with E-state index in [9.17, 15) is 8.42 Å². The van der Waals surface area contributed by atoms with E-state index in [2.05, 4.69) is 20.7 Å². The van der Waals surface area contributed by atoms with Crippen LogP contribution in [-0.2, 0) is 10.0 Å². The molecule has 0 aliphatic carbocycles. The highest BCUT2D eigenvalue weighted by Gasteiger charge is 2.23. The van der Waals surface area contributed by atoms with Crippen molar-refractivity contribution >= 4 is 37.6 Å². The van der Waals surface area contributed by atoms with Crippen LogP contribution in [0.2, 0.25) is 5.02 Å². The Balaban J connectivity index is 3.31. The van der Waals surface area contributed by atoms with Gasteiger partial charge in [-0.05, 0) is 35.0 Å². The minimum absolute atomic E-state index is 0.0790. The molecule has 0 aliphatic heterocycles. The van der Waals surface area contributed by atoms with Crippen LogP contribution in [0.1, 0.15) is 6.92 Å². The van der Waals surface area contributed by atoms with Gasteiger partial charge in [0.15, 0.2) is 5.75 Å². The molecule has 0 aromatic heterocycles. The Morgan fingerprint density at radius 3 is 2.67 bits per heavy atom. The second-order valence-electron chi connectivity index (χ2n) is 3.62. The number of methoxy groups -OCH3 is 1. The molecular weight excluding hydrogens is 346 g/mol. The number of benzene rings is 1. The monoisotopic (exact) mass is 357 g/mol. The van der Waals surface area contributed by atoms with Crippen LogP contribution in [0.5, 0.6) is 5.75 Å². The molecule has 1 aromatic carbocycles. The third-order valence-electron chi connectivity index (χ3n) is 2.10. The maximum atomic E-state index is 12.1. The molecular formula is C10H13BrClNO4S. The number of hydrogen-bond acceptors (Lipinski definition) is 4. The van der Waals surface area contributed by atoms with Gasteiger partial charge in [0, 0.05) is 11.1 Å². The summed E-state index contributed by atoms with van der Waals surface area (Å²) in [5.41, 5.74) is 0. The van der Waals surface area contributed by atoms with Crippen LogP contribution in [0, 0.1) is 0 Å². The molecule has 0 radical (unpaired) electrons. The summed E-state index contributed by atoms with van der Waals surface area (Å²) in [5.74, 6) is 0.164. The summed E-state index contributed by atoms with van der Waals surface area (Å²) in [7, 11) is -2.45. The topological polar surface area (TPSA) is 75.6 Å². The molecule has 0 heterocycles. The predicted molar refractivity (Wildman–Crippen MR) is 72.6 cm³/mol. The standard InChI is InChI=1S/C10H13BrClNO4S/c1-6(5-14)13-18(15,16)9-4-7(12)3-8(11)10(9)17-2/h3-4,6,13-14H,5H2,1-2H3/t6-/m0/s1. The van der Waals surface area contributed by atoms with E-state index in [0.29, 0.717) is 4.47 Å². The van der Waals surface area contributed by atoms with Gasteiger partial charge < -0.3 is 9.84 Å². The Kier molecular flexibility index (Phi) is 5.42. The first kappa shape index (κ1) is 15.7. The molecule has 102 valence electrons. The molecule has 0 saturated carbocycles. The van der Waals surface area contributed by atoms with Crippen molar-refractivity contribution in [3.63, 3.8) is 0 Å². The van der Waals surface area contributed by atoms with Gasteiger partial charge in [-0.3, -0.25) is 0 Å². The number of aliphatic hydroxyl groups is 1. The van der Waals surface area contributed by atoms with Crippen LogP contribution >= 0.6 is 27.5 Å². The number of sulfonamides is 1. The molecule has 0 aliphatic rings. The highest BCUT2D eigenvalue weighted by atomic mass is 79.9. The van der Waals surface area contributed by atoms with E-state index in [4.69, 9.17) is 21.4 Å². The lowest BCUT2D eigenvalue weighted by atomic mass is 10.3. The molecule has 2 N–H and O–H groups in total. The Morgan fingerprint density at radius 1 is 1.56 bits per heavy atom. The maximum absolute atomic E-state index is 12.1. The summed E-state index contributed by atoms with van der Waals surface area (Å²) in [6, 6.07) is 2.23. The van der Waals surface area contributed by atoms with Gasteiger partial charge in [-0.25, -0.2) is 13.1 Å². The van der Waals surface area contributed by atoms with Crippen molar-refractivity contribution < 1.29 is 18.3 Å². The Labute approximate surface area is 119 Å². The minimum atomic E-state index is -3.81. The summed E-state index contributed by atoms with van der Waals surface area (Å²) in [6.45, 7) is 1.24. The lowest BCUT2D eigenvalue weighted by Crippen LogP contribution is -2.35. The van der Waals surface area contributed by atoms with Gasteiger partial charge in [-0.2, -0.15) is 0 Å². The molecule has 5 nitrogen and oxygen atoms in total. The van der Waals surface area contributed by atoms with Crippen molar-refractivity contribution in [2.45, 2.75) is 17.9 Å². The van der Waals surface area contributed by atoms with Gasteiger partial charge in [0.1, 0.15) is 4.90 Å². The number of halogens is 2. The van der Waals surface area contributed by atoms with Crippen LogP contribution in [0.25, 0.3) is 0 Å². The predicted octanol–water partition coefficient (Wildman–Crippen LogP) is 1.77. The Hall–Kier alpha value is -0.340. The molecule has 0 saturated heterocycles. The SMILES string of the molecule is COc1c(Br)cc(Cl)cc1S(=O)(=O)N[C@@H](C)CO. The lowest BCUT2D eigenvalue weighted by molar-refractivity contribution is 0.265. The third-order valence-corrected chi connectivity index (χ3v) is 4.50. The van der Waals surface area contributed by atoms with Crippen molar-refractivity contribution in [2.75, 3.05) is 13.7 Å². The van der Waals surface area contributed by atoms with Gasteiger partial charge >= 0.3 is 0 Å². The maximum Gasteiger partial charge on any atom is 0.244 e. The van der Waals surface area contributed by atoms with Gasteiger partial charge in [-0.1, -0.05) is 11.6 Å². The van der Waals surface area contributed by atoms with E-state index >= 15 is 0 Å². The molecule has 0 spiro atoms. The van der Waals surface area contributed by atoms with Crippen LogP contribution in [0.4, 0.5) is 0 Å². The summed E-state index contributed by atoms with van der Waals surface area (Å²) in [4.78, 5) is -0.0790. The van der Waals surface area contributed by atoms with Gasteiger partial charge in [-0.15, -0.1) is 0 Å². The second kappa shape index (κ2) is 6.21. The molecule has 0 bridgehead atoms. The van der Waals surface area contributed by atoms with E-state index in [0.717, 1.165) is 0 Å². The highest BCUT2D eigenvalue weighted by molar-refractivity contribution is 9.10. The lowest BCUT2D eigenvalue weighted by Gasteiger charge is -2.15. The average Bonchev–Trinajstić information content (AvgIpc) is 2.27. The largest absolute Gasteiger partial charge is 0.494 e. The quantitative estimate of drug-likeness (QED) is 0.841. The van der Waals surface area contributed by atoms with Crippen molar-refractivity contribution in [3.05, 3.63) is 21.6 Å². The molecule has 1 atom stereocenters. The summed E-state index contributed by atoms with van der Waals surface area (Å²) in [5, 5.41) is 9.15. The normalized spacial score (nSPS) is 13.4. The molecule has 1 rings (SSSR count). The molecule has 0 amide bonds. The second-order valence-corrected chi connectivity index (χ2v) is 6.60. The van der Waals surface area contributed by atoms with Crippen LogP contribution < -0.4 is 9.46 Å². The Morgan fingerprint density at radius 2 is 2.17 bits per heavy atom. The fourth-order valence-electron chi connectivity index (χ4n) is 1.30. The first-order chi connectivity index (χ1) is 8.31.